The number of Topliss-reactive ketones (excluding diaryl/α,β-unsaturated/α-hetero) is 1. The maximum atomic E-state index is 11.5. The third-order valence-corrected chi connectivity index (χ3v) is 3.72. The van der Waals surface area contributed by atoms with E-state index in [0.717, 1.165) is 11.4 Å². The molecule has 0 saturated carbocycles. The highest BCUT2D eigenvalue weighted by Crippen LogP contribution is 2.34. The molecule has 3 heteroatoms. The standard InChI is InChI=1S/C16H18ClNO/c1-11-6-4-5-7-15(11)18-13-8-9-14(12(2)19)16(3,17)10-13/h4-10,14,18H,1-3H3. The normalized spacial score (nSPS) is 25.9. The molecule has 0 radical (unpaired) electrons. The molecule has 2 atom stereocenters. The maximum Gasteiger partial charge on any atom is 0.138 e. The largest absolute Gasteiger partial charge is 0.356 e. The highest BCUT2D eigenvalue weighted by molar-refractivity contribution is 6.27. The predicted octanol–water partition coefficient (Wildman–Crippen LogP) is 4.06. The first kappa shape index (κ1) is 13.9. The highest BCUT2D eigenvalue weighted by atomic mass is 35.5. The summed E-state index contributed by atoms with van der Waals surface area (Å²) in [5.41, 5.74) is 3.14. The zero-order chi connectivity index (χ0) is 14.0. The van der Waals surface area contributed by atoms with E-state index >= 15 is 0 Å². The molecule has 2 nitrogen and oxygen atoms in total. The summed E-state index contributed by atoms with van der Waals surface area (Å²) in [5, 5.41) is 3.34. The molecule has 0 bridgehead atoms. The van der Waals surface area contributed by atoms with Crippen LogP contribution in [0.1, 0.15) is 19.4 Å². The van der Waals surface area contributed by atoms with Crippen LogP contribution in [0.4, 0.5) is 5.69 Å². The van der Waals surface area contributed by atoms with Gasteiger partial charge in [-0.3, -0.25) is 4.79 Å². The average molecular weight is 276 g/mol. The smallest absolute Gasteiger partial charge is 0.138 e. The quantitative estimate of drug-likeness (QED) is 0.843. The molecule has 0 fully saturated rings. The number of hydrogen-bond donors (Lipinski definition) is 1. The number of nitrogens with one attached hydrogen (secondary N) is 1. The van der Waals surface area contributed by atoms with E-state index in [-0.39, 0.29) is 11.7 Å². The molecule has 1 aliphatic carbocycles. The Labute approximate surface area is 119 Å². The number of anilines is 1. The van der Waals surface area contributed by atoms with E-state index in [1.165, 1.54) is 5.56 Å². The van der Waals surface area contributed by atoms with Crippen molar-refractivity contribution in [2.75, 3.05) is 5.32 Å². The van der Waals surface area contributed by atoms with Gasteiger partial charge in [-0.05, 0) is 44.6 Å². The van der Waals surface area contributed by atoms with Crippen molar-refractivity contribution >= 4 is 23.1 Å². The third kappa shape index (κ3) is 3.07. The Morgan fingerprint density at radius 3 is 2.63 bits per heavy atom. The number of halogens is 1. The minimum absolute atomic E-state index is 0.0833. The average Bonchev–Trinajstić information content (AvgIpc) is 2.30. The van der Waals surface area contributed by atoms with Crippen molar-refractivity contribution < 1.29 is 4.79 Å². The summed E-state index contributed by atoms with van der Waals surface area (Å²) < 4.78 is 0. The minimum Gasteiger partial charge on any atom is -0.356 e. The van der Waals surface area contributed by atoms with Crippen molar-refractivity contribution in [1.82, 2.24) is 0 Å². The van der Waals surface area contributed by atoms with Crippen LogP contribution in [0.15, 0.2) is 48.2 Å². The summed E-state index contributed by atoms with van der Waals surface area (Å²) in [6, 6.07) is 8.06. The molecule has 0 amide bonds. The zero-order valence-electron chi connectivity index (χ0n) is 11.4. The van der Waals surface area contributed by atoms with Gasteiger partial charge in [0.15, 0.2) is 0 Å². The lowest BCUT2D eigenvalue weighted by molar-refractivity contribution is -0.119. The second-order valence-corrected chi connectivity index (χ2v) is 5.95. The summed E-state index contributed by atoms with van der Waals surface area (Å²) in [7, 11) is 0. The van der Waals surface area contributed by atoms with Gasteiger partial charge in [0.2, 0.25) is 0 Å². The van der Waals surface area contributed by atoms with Crippen molar-refractivity contribution in [1.29, 1.82) is 0 Å². The fourth-order valence-corrected chi connectivity index (χ4v) is 2.65. The maximum absolute atomic E-state index is 11.5. The van der Waals surface area contributed by atoms with Crippen LogP contribution in [-0.4, -0.2) is 10.7 Å². The Balaban J connectivity index is 2.23. The zero-order valence-corrected chi connectivity index (χ0v) is 12.2. The predicted molar refractivity (Wildman–Crippen MR) is 80.5 cm³/mol. The molecule has 1 N–H and O–H groups in total. The molecule has 0 aliphatic heterocycles. The second kappa shape index (κ2) is 5.22. The summed E-state index contributed by atoms with van der Waals surface area (Å²) >= 11 is 6.45. The van der Waals surface area contributed by atoms with Crippen molar-refractivity contribution in [3.63, 3.8) is 0 Å². The van der Waals surface area contributed by atoms with Crippen molar-refractivity contribution in [2.45, 2.75) is 25.6 Å². The van der Waals surface area contributed by atoms with E-state index in [1.807, 2.05) is 56.3 Å². The van der Waals surface area contributed by atoms with E-state index in [4.69, 9.17) is 11.6 Å². The Morgan fingerprint density at radius 2 is 2.05 bits per heavy atom. The lowest BCUT2D eigenvalue weighted by Gasteiger charge is -2.29. The van der Waals surface area contributed by atoms with Gasteiger partial charge < -0.3 is 5.32 Å². The van der Waals surface area contributed by atoms with Crippen LogP contribution in [0.3, 0.4) is 0 Å². The van der Waals surface area contributed by atoms with E-state index in [0.29, 0.717) is 0 Å². The number of aryl methyl sites for hydroxylation is 1. The van der Waals surface area contributed by atoms with Crippen LogP contribution in [-0.2, 0) is 4.79 Å². The van der Waals surface area contributed by atoms with Gasteiger partial charge in [-0.15, -0.1) is 11.6 Å². The first-order chi connectivity index (χ1) is 8.90. The highest BCUT2D eigenvalue weighted by Gasteiger charge is 2.34. The van der Waals surface area contributed by atoms with Crippen molar-refractivity contribution in [2.24, 2.45) is 5.92 Å². The number of para-hydroxylation sites is 1. The molecule has 2 unspecified atom stereocenters. The molecule has 1 aliphatic rings. The number of alkyl halides is 1. The van der Waals surface area contributed by atoms with Gasteiger partial charge >= 0.3 is 0 Å². The van der Waals surface area contributed by atoms with Crippen LogP contribution < -0.4 is 5.32 Å². The van der Waals surface area contributed by atoms with Crippen LogP contribution in [0.25, 0.3) is 0 Å². The van der Waals surface area contributed by atoms with Gasteiger partial charge in [-0.2, -0.15) is 0 Å². The summed E-state index contributed by atoms with van der Waals surface area (Å²) in [6.45, 7) is 5.49. The van der Waals surface area contributed by atoms with E-state index in [1.54, 1.807) is 6.92 Å². The van der Waals surface area contributed by atoms with Gasteiger partial charge in [-0.1, -0.05) is 24.3 Å². The number of ketones is 1. The number of hydrogen-bond acceptors (Lipinski definition) is 2. The fraction of sp³-hybridized carbons (Fsp3) is 0.312. The first-order valence-corrected chi connectivity index (χ1v) is 6.71. The molecule has 0 saturated heterocycles. The molecule has 19 heavy (non-hydrogen) atoms. The van der Waals surface area contributed by atoms with Crippen LogP contribution in [0, 0.1) is 12.8 Å². The molecule has 0 heterocycles. The van der Waals surface area contributed by atoms with Gasteiger partial charge in [0, 0.05) is 11.4 Å². The Kier molecular flexibility index (Phi) is 3.81. The van der Waals surface area contributed by atoms with E-state index in [9.17, 15) is 4.79 Å². The molecule has 1 aromatic rings. The first-order valence-electron chi connectivity index (χ1n) is 6.33. The summed E-state index contributed by atoms with van der Waals surface area (Å²) in [4.78, 5) is 10.9. The van der Waals surface area contributed by atoms with Crippen LogP contribution in [0.5, 0.6) is 0 Å². The summed E-state index contributed by atoms with van der Waals surface area (Å²) in [6.07, 6.45) is 5.70. The van der Waals surface area contributed by atoms with Gasteiger partial charge in [-0.25, -0.2) is 0 Å². The van der Waals surface area contributed by atoms with E-state index in [2.05, 4.69) is 5.32 Å². The van der Waals surface area contributed by atoms with E-state index < -0.39 is 4.87 Å². The molecule has 2 rings (SSSR count). The number of benzene rings is 1. The Bertz CT molecular complexity index is 558. The number of rotatable bonds is 3. The molecular formula is C16H18ClNO. The third-order valence-electron chi connectivity index (χ3n) is 3.38. The number of allylic oxidation sites excluding steroid dienone is 3. The van der Waals surface area contributed by atoms with Crippen LogP contribution >= 0.6 is 11.6 Å². The topological polar surface area (TPSA) is 29.1 Å². The lowest BCUT2D eigenvalue weighted by Crippen LogP contribution is -2.33. The molecule has 1 aromatic carbocycles. The Morgan fingerprint density at radius 1 is 1.37 bits per heavy atom. The molecule has 0 aromatic heterocycles. The van der Waals surface area contributed by atoms with Gasteiger partial charge in [0.1, 0.15) is 5.78 Å². The van der Waals surface area contributed by atoms with Crippen molar-refractivity contribution in [3.8, 4) is 0 Å². The van der Waals surface area contributed by atoms with Crippen LogP contribution in [0.2, 0.25) is 0 Å². The molecule has 0 spiro atoms. The minimum atomic E-state index is -0.675. The Hall–Kier alpha value is -1.54. The second-order valence-electron chi connectivity index (χ2n) is 5.14. The SMILES string of the molecule is CC(=O)C1C=CC(Nc2ccccc2C)=CC1(C)Cl. The number of carbonyl (C=O) groups excluding carboxylic acids is 1. The molecule has 100 valence electrons. The van der Waals surface area contributed by atoms with Gasteiger partial charge in [0.25, 0.3) is 0 Å². The number of carbonyl (C=O) groups is 1. The fourth-order valence-electron chi connectivity index (χ4n) is 2.31. The van der Waals surface area contributed by atoms with Crippen molar-refractivity contribution in [3.05, 3.63) is 53.8 Å². The molecular weight excluding hydrogens is 258 g/mol. The monoisotopic (exact) mass is 275 g/mol. The van der Waals surface area contributed by atoms with Gasteiger partial charge in [0.05, 0.1) is 10.8 Å². The summed E-state index contributed by atoms with van der Waals surface area (Å²) in [5.74, 6) is -0.184. The lowest BCUT2D eigenvalue weighted by atomic mass is 9.85.